The summed E-state index contributed by atoms with van der Waals surface area (Å²) in [6, 6.07) is 1.85. The van der Waals surface area contributed by atoms with Crippen LogP contribution < -0.4 is 5.32 Å². The maximum atomic E-state index is 5.67. The first-order valence-corrected chi connectivity index (χ1v) is 4.90. The molecule has 1 unspecified atom stereocenters. The Morgan fingerprint density at radius 2 is 2.43 bits per heavy atom. The topological polar surface area (TPSA) is 47.0 Å². The van der Waals surface area contributed by atoms with Gasteiger partial charge in [0.2, 0.25) is 0 Å². The minimum Gasteiger partial charge on any atom is -0.373 e. The van der Waals surface area contributed by atoms with E-state index in [0.29, 0.717) is 0 Å². The van der Waals surface area contributed by atoms with Gasteiger partial charge in [-0.15, -0.1) is 0 Å². The quantitative estimate of drug-likeness (QED) is 0.774. The van der Waals surface area contributed by atoms with Crippen LogP contribution in [-0.4, -0.2) is 23.6 Å². The molecule has 1 aromatic heterocycles. The first-order valence-electron chi connectivity index (χ1n) is 4.90. The van der Waals surface area contributed by atoms with Crippen LogP contribution in [0.15, 0.2) is 12.3 Å². The Morgan fingerprint density at radius 1 is 1.57 bits per heavy atom. The Morgan fingerprint density at radius 3 is 3.07 bits per heavy atom. The van der Waals surface area contributed by atoms with Crippen LogP contribution in [0.4, 0.5) is 5.82 Å². The summed E-state index contributed by atoms with van der Waals surface area (Å²) < 4.78 is 5.67. The van der Waals surface area contributed by atoms with E-state index in [2.05, 4.69) is 22.2 Å². The van der Waals surface area contributed by atoms with E-state index >= 15 is 0 Å². The van der Waals surface area contributed by atoms with Gasteiger partial charge in [-0.1, -0.05) is 0 Å². The fourth-order valence-electron chi connectivity index (χ4n) is 1.71. The number of rotatable bonds is 2. The van der Waals surface area contributed by atoms with E-state index in [1.807, 2.05) is 13.1 Å². The van der Waals surface area contributed by atoms with Gasteiger partial charge in [-0.25, -0.2) is 9.97 Å². The van der Waals surface area contributed by atoms with Crippen molar-refractivity contribution >= 4 is 5.82 Å². The molecule has 0 saturated carbocycles. The van der Waals surface area contributed by atoms with E-state index < -0.39 is 0 Å². The van der Waals surface area contributed by atoms with Crippen molar-refractivity contribution in [1.29, 1.82) is 0 Å². The fourth-order valence-corrected chi connectivity index (χ4v) is 1.71. The average Bonchev–Trinajstić information content (AvgIpc) is 2.67. The molecule has 2 heterocycles. The third-order valence-electron chi connectivity index (χ3n) is 2.60. The lowest BCUT2D eigenvalue weighted by Crippen LogP contribution is -2.23. The summed E-state index contributed by atoms with van der Waals surface area (Å²) in [6.07, 6.45) is 3.85. The van der Waals surface area contributed by atoms with E-state index in [0.717, 1.165) is 31.1 Å². The van der Waals surface area contributed by atoms with Crippen LogP contribution in [0.1, 0.15) is 25.6 Å². The molecule has 1 aromatic rings. The molecule has 0 aromatic carbocycles. The van der Waals surface area contributed by atoms with E-state index in [9.17, 15) is 0 Å². The van der Waals surface area contributed by atoms with Gasteiger partial charge in [0.25, 0.3) is 0 Å². The zero-order valence-electron chi connectivity index (χ0n) is 8.58. The second kappa shape index (κ2) is 3.53. The normalized spacial score (nSPS) is 26.4. The van der Waals surface area contributed by atoms with Gasteiger partial charge < -0.3 is 10.1 Å². The summed E-state index contributed by atoms with van der Waals surface area (Å²) in [7, 11) is 1.85. The number of anilines is 1. The minimum absolute atomic E-state index is 0.285. The molecule has 1 N–H and O–H groups in total. The van der Waals surface area contributed by atoms with Gasteiger partial charge in [0, 0.05) is 19.9 Å². The second-order valence-electron chi connectivity index (χ2n) is 3.70. The molecule has 4 nitrogen and oxygen atoms in total. The van der Waals surface area contributed by atoms with E-state index in [-0.39, 0.29) is 5.60 Å². The molecule has 0 radical (unpaired) electrons. The molecule has 2 rings (SSSR count). The second-order valence-corrected chi connectivity index (χ2v) is 3.70. The lowest BCUT2D eigenvalue weighted by molar-refractivity contribution is 0.00944. The first-order chi connectivity index (χ1) is 6.74. The molecule has 14 heavy (non-hydrogen) atoms. The Bertz CT molecular complexity index is 321. The number of nitrogens with one attached hydrogen (secondary N) is 1. The van der Waals surface area contributed by atoms with Gasteiger partial charge in [-0.3, -0.25) is 0 Å². The Labute approximate surface area is 83.7 Å². The monoisotopic (exact) mass is 193 g/mol. The largest absolute Gasteiger partial charge is 0.373 e. The highest BCUT2D eigenvalue weighted by atomic mass is 16.5. The van der Waals surface area contributed by atoms with Crippen molar-refractivity contribution in [2.75, 3.05) is 19.0 Å². The number of nitrogens with zero attached hydrogens (tertiary/aromatic N) is 2. The number of aromatic nitrogens is 2. The van der Waals surface area contributed by atoms with Gasteiger partial charge in [0.05, 0.1) is 0 Å². The molecule has 0 spiro atoms. The Balaban J connectivity index is 2.30. The van der Waals surface area contributed by atoms with Crippen LogP contribution in [-0.2, 0) is 10.3 Å². The van der Waals surface area contributed by atoms with Crippen molar-refractivity contribution < 1.29 is 4.74 Å². The van der Waals surface area contributed by atoms with Crippen molar-refractivity contribution in [3.05, 3.63) is 18.1 Å². The SMILES string of the molecule is CNc1ccnc(C2(C)CCCO2)n1. The molecule has 1 saturated heterocycles. The highest BCUT2D eigenvalue weighted by Gasteiger charge is 2.34. The third kappa shape index (κ3) is 1.57. The van der Waals surface area contributed by atoms with E-state index in [1.165, 1.54) is 0 Å². The first kappa shape index (κ1) is 9.40. The van der Waals surface area contributed by atoms with Crippen LogP contribution in [0.3, 0.4) is 0 Å². The molecule has 0 aliphatic carbocycles. The van der Waals surface area contributed by atoms with Gasteiger partial charge >= 0.3 is 0 Å². The zero-order valence-corrected chi connectivity index (χ0v) is 8.58. The van der Waals surface area contributed by atoms with Gasteiger partial charge in [0.15, 0.2) is 5.82 Å². The Kier molecular flexibility index (Phi) is 2.37. The van der Waals surface area contributed by atoms with Crippen molar-refractivity contribution in [2.45, 2.75) is 25.4 Å². The van der Waals surface area contributed by atoms with E-state index in [4.69, 9.17) is 4.74 Å². The minimum atomic E-state index is -0.285. The van der Waals surface area contributed by atoms with Crippen molar-refractivity contribution in [3.8, 4) is 0 Å². The lowest BCUT2D eigenvalue weighted by atomic mass is 10.0. The molecule has 76 valence electrons. The lowest BCUT2D eigenvalue weighted by Gasteiger charge is -2.21. The molecule has 1 fully saturated rings. The maximum absolute atomic E-state index is 5.67. The highest BCUT2D eigenvalue weighted by Crippen LogP contribution is 2.33. The van der Waals surface area contributed by atoms with Gasteiger partial charge in [-0.2, -0.15) is 0 Å². The van der Waals surface area contributed by atoms with Crippen LogP contribution in [0.2, 0.25) is 0 Å². The Hall–Kier alpha value is -1.16. The van der Waals surface area contributed by atoms with Gasteiger partial charge in [0.1, 0.15) is 11.4 Å². The third-order valence-corrected chi connectivity index (χ3v) is 2.60. The van der Waals surface area contributed by atoms with Crippen LogP contribution in [0.5, 0.6) is 0 Å². The standard InChI is InChI=1S/C10H15N3O/c1-10(5-3-7-14-10)9-12-6-4-8(11-2)13-9/h4,6H,3,5,7H2,1-2H3,(H,11,12,13). The van der Waals surface area contributed by atoms with Crippen molar-refractivity contribution in [3.63, 3.8) is 0 Å². The number of ether oxygens (including phenoxy) is 1. The van der Waals surface area contributed by atoms with Crippen LogP contribution in [0, 0.1) is 0 Å². The fraction of sp³-hybridized carbons (Fsp3) is 0.600. The molecule has 1 aliphatic heterocycles. The van der Waals surface area contributed by atoms with Crippen LogP contribution in [0.25, 0.3) is 0 Å². The van der Waals surface area contributed by atoms with Crippen molar-refractivity contribution in [1.82, 2.24) is 9.97 Å². The summed E-state index contributed by atoms with van der Waals surface area (Å²) in [5.41, 5.74) is -0.285. The smallest absolute Gasteiger partial charge is 0.162 e. The summed E-state index contributed by atoms with van der Waals surface area (Å²) in [5, 5.41) is 3.00. The molecular formula is C10H15N3O. The summed E-state index contributed by atoms with van der Waals surface area (Å²) >= 11 is 0. The summed E-state index contributed by atoms with van der Waals surface area (Å²) in [6.45, 7) is 2.86. The summed E-state index contributed by atoms with van der Waals surface area (Å²) in [5.74, 6) is 1.62. The predicted octanol–water partition coefficient (Wildman–Crippen LogP) is 1.54. The maximum Gasteiger partial charge on any atom is 0.162 e. The highest BCUT2D eigenvalue weighted by molar-refractivity contribution is 5.32. The molecule has 4 heteroatoms. The molecule has 1 aliphatic rings. The van der Waals surface area contributed by atoms with Crippen molar-refractivity contribution in [2.24, 2.45) is 0 Å². The average molecular weight is 193 g/mol. The zero-order chi connectivity index (χ0) is 10.0. The predicted molar refractivity (Wildman–Crippen MR) is 54.1 cm³/mol. The molecular weight excluding hydrogens is 178 g/mol. The molecule has 1 atom stereocenters. The van der Waals surface area contributed by atoms with E-state index in [1.54, 1.807) is 6.20 Å². The van der Waals surface area contributed by atoms with Crippen LogP contribution >= 0.6 is 0 Å². The summed E-state index contributed by atoms with van der Waals surface area (Å²) in [4.78, 5) is 8.66. The number of hydrogen-bond acceptors (Lipinski definition) is 4. The molecule has 0 amide bonds. The number of hydrogen-bond donors (Lipinski definition) is 1. The molecule has 0 bridgehead atoms. The van der Waals surface area contributed by atoms with Gasteiger partial charge in [-0.05, 0) is 25.8 Å².